The van der Waals surface area contributed by atoms with Gasteiger partial charge in [0.15, 0.2) is 5.60 Å². The van der Waals surface area contributed by atoms with Crippen LogP contribution < -0.4 is 4.90 Å². The van der Waals surface area contributed by atoms with Gasteiger partial charge in [-0.25, -0.2) is 0 Å². The lowest BCUT2D eigenvalue weighted by molar-refractivity contribution is -0.146. The Morgan fingerprint density at radius 2 is 2.06 bits per heavy atom. The van der Waals surface area contributed by atoms with Crippen molar-refractivity contribution in [3.8, 4) is 0 Å². The standard InChI is InChI=1S/C25H27IN4O3/c1-17-13-21(9-11-29-16-20(10-12-31)27-28-29)33-25(17)22-14-19(26)7-8-23(22)30(24(25)32)15-18-5-3-2-4-6-18/h2-8,14,16-17,21,31H,9-13,15H2,1H3/t17-,21+,25+/m0/s1. The first-order chi connectivity index (χ1) is 16.0. The number of aryl methyl sites for hydroxylation is 1. The van der Waals surface area contributed by atoms with E-state index in [1.54, 1.807) is 4.68 Å². The fraction of sp³-hybridized carbons (Fsp3) is 0.400. The van der Waals surface area contributed by atoms with Crippen molar-refractivity contribution in [3.63, 3.8) is 0 Å². The second-order valence-corrected chi connectivity index (χ2v) is 10.1. The van der Waals surface area contributed by atoms with Gasteiger partial charge in [0.2, 0.25) is 0 Å². The molecule has 0 unspecified atom stereocenters. The van der Waals surface area contributed by atoms with Crippen LogP contribution in [-0.2, 0) is 34.6 Å². The lowest BCUT2D eigenvalue weighted by atomic mass is 9.83. The van der Waals surface area contributed by atoms with Gasteiger partial charge in [-0.3, -0.25) is 9.48 Å². The SMILES string of the molecule is C[C@H]1C[C@@H](CCn2cc(CCO)nn2)O[C@]12C(=O)N(Cc1ccccc1)c1ccc(I)cc12. The zero-order valence-electron chi connectivity index (χ0n) is 18.5. The molecule has 8 heteroatoms. The first-order valence-electron chi connectivity index (χ1n) is 11.3. The Morgan fingerprint density at radius 1 is 1.24 bits per heavy atom. The second-order valence-electron chi connectivity index (χ2n) is 8.89. The number of rotatable bonds is 7. The van der Waals surface area contributed by atoms with Crippen LogP contribution in [0.4, 0.5) is 5.69 Å². The van der Waals surface area contributed by atoms with Gasteiger partial charge >= 0.3 is 0 Å². The van der Waals surface area contributed by atoms with E-state index in [2.05, 4.69) is 64.1 Å². The summed E-state index contributed by atoms with van der Waals surface area (Å²) in [4.78, 5) is 15.8. The van der Waals surface area contributed by atoms with Gasteiger partial charge in [-0.05, 0) is 59.2 Å². The average molecular weight is 558 g/mol. The fourth-order valence-corrected chi connectivity index (χ4v) is 5.59. The van der Waals surface area contributed by atoms with Crippen LogP contribution in [0.2, 0.25) is 0 Å². The highest BCUT2D eigenvalue weighted by Gasteiger charge is 2.60. The van der Waals surface area contributed by atoms with E-state index < -0.39 is 5.60 Å². The van der Waals surface area contributed by atoms with E-state index in [0.29, 0.717) is 19.5 Å². The number of fused-ring (bicyclic) bond motifs is 2. The van der Waals surface area contributed by atoms with Crippen molar-refractivity contribution in [1.29, 1.82) is 0 Å². The van der Waals surface area contributed by atoms with Crippen molar-refractivity contribution in [2.75, 3.05) is 11.5 Å². The molecule has 7 nitrogen and oxygen atoms in total. The molecule has 3 atom stereocenters. The van der Waals surface area contributed by atoms with Gasteiger partial charge in [-0.1, -0.05) is 42.5 Å². The summed E-state index contributed by atoms with van der Waals surface area (Å²) in [5, 5.41) is 17.3. The smallest absolute Gasteiger partial charge is 0.264 e. The van der Waals surface area contributed by atoms with Crippen LogP contribution in [0.5, 0.6) is 0 Å². The molecule has 5 rings (SSSR count). The maximum absolute atomic E-state index is 14.0. The Balaban J connectivity index is 1.39. The maximum atomic E-state index is 14.0. The van der Waals surface area contributed by atoms with Crippen molar-refractivity contribution in [3.05, 3.63) is 75.1 Å². The number of hydrogen-bond acceptors (Lipinski definition) is 5. The average Bonchev–Trinajstić information content (AvgIpc) is 3.46. The summed E-state index contributed by atoms with van der Waals surface area (Å²) < 4.78 is 9.55. The Morgan fingerprint density at radius 3 is 2.85 bits per heavy atom. The number of carbonyl (C=O) groups excluding carboxylic acids is 1. The number of aliphatic hydroxyl groups excluding tert-OH is 1. The number of benzene rings is 2. The molecule has 3 heterocycles. The first-order valence-corrected chi connectivity index (χ1v) is 12.4. The van der Waals surface area contributed by atoms with Crippen LogP contribution in [0, 0.1) is 9.49 Å². The highest BCUT2D eigenvalue weighted by atomic mass is 127. The first kappa shape index (κ1) is 22.5. The molecule has 1 N–H and O–H groups in total. The van der Waals surface area contributed by atoms with Crippen LogP contribution in [0.15, 0.2) is 54.7 Å². The van der Waals surface area contributed by atoms with Crippen molar-refractivity contribution in [1.82, 2.24) is 15.0 Å². The quantitative estimate of drug-likeness (QED) is 0.448. The number of halogens is 1. The van der Waals surface area contributed by atoms with Gasteiger partial charge in [-0.15, -0.1) is 5.10 Å². The molecule has 1 saturated heterocycles. The maximum Gasteiger partial charge on any atom is 0.264 e. The van der Waals surface area contributed by atoms with Crippen molar-refractivity contribution in [2.24, 2.45) is 5.92 Å². The van der Waals surface area contributed by atoms with Gasteiger partial charge in [0.05, 0.1) is 24.0 Å². The summed E-state index contributed by atoms with van der Waals surface area (Å²) in [7, 11) is 0. The molecule has 2 aromatic carbocycles. The summed E-state index contributed by atoms with van der Waals surface area (Å²) in [5.74, 6) is 0.0951. The van der Waals surface area contributed by atoms with E-state index in [4.69, 9.17) is 9.84 Å². The molecule has 1 spiro atoms. The molecule has 0 saturated carbocycles. The number of nitrogens with zero attached hydrogens (tertiary/aromatic N) is 4. The molecule has 33 heavy (non-hydrogen) atoms. The predicted octanol–water partition coefficient (Wildman–Crippen LogP) is 3.67. The number of anilines is 1. The minimum atomic E-state index is -0.944. The number of ether oxygens (including phenoxy) is 1. The van der Waals surface area contributed by atoms with E-state index in [9.17, 15) is 4.79 Å². The highest BCUT2D eigenvalue weighted by Crippen LogP contribution is 2.54. The molecule has 0 aliphatic carbocycles. The number of aliphatic hydroxyl groups is 1. The minimum Gasteiger partial charge on any atom is -0.396 e. The van der Waals surface area contributed by atoms with Crippen molar-refractivity contribution >= 4 is 34.2 Å². The summed E-state index contributed by atoms with van der Waals surface area (Å²) in [6.45, 7) is 3.38. The Bertz CT molecular complexity index is 1150. The number of hydrogen-bond donors (Lipinski definition) is 1. The van der Waals surface area contributed by atoms with E-state index in [1.165, 1.54) is 0 Å². The molecule has 0 radical (unpaired) electrons. The number of aromatic nitrogens is 3. The zero-order valence-corrected chi connectivity index (χ0v) is 20.7. The van der Waals surface area contributed by atoms with Crippen LogP contribution >= 0.6 is 22.6 Å². The molecule has 1 amide bonds. The normalized spacial score (nSPS) is 24.1. The summed E-state index contributed by atoms with van der Waals surface area (Å²) in [6, 6.07) is 16.3. The molecule has 0 bridgehead atoms. The van der Waals surface area contributed by atoms with Crippen molar-refractivity contribution in [2.45, 2.75) is 51.0 Å². The molecule has 3 aromatic rings. The summed E-state index contributed by atoms with van der Waals surface area (Å²) in [6.07, 6.45) is 3.88. The van der Waals surface area contributed by atoms with E-state index in [0.717, 1.165) is 38.9 Å². The van der Waals surface area contributed by atoms with Crippen LogP contribution in [0.1, 0.15) is 36.6 Å². The predicted molar refractivity (Wildman–Crippen MR) is 133 cm³/mol. The molecular weight excluding hydrogens is 531 g/mol. The Hall–Kier alpha value is -2.30. The third kappa shape index (κ3) is 4.08. The molecule has 2 aliphatic rings. The van der Waals surface area contributed by atoms with Crippen LogP contribution in [-0.4, -0.2) is 38.7 Å². The molecule has 2 aliphatic heterocycles. The van der Waals surface area contributed by atoms with Crippen LogP contribution in [0.3, 0.4) is 0 Å². The monoisotopic (exact) mass is 558 g/mol. The fourth-order valence-electron chi connectivity index (χ4n) is 5.10. The zero-order chi connectivity index (χ0) is 23.0. The van der Waals surface area contributed by atoms with E-state index in [-0.39, 0.29) is 24.5 Å². The topological polar surface area (TPSA) is 80.5 Å². The Kier molecular flexibility index (Phi) is 6.24. The lowest BCUT2D eigenvalue weighted by Crippen LogP contribution is -2.43. The van der Waals surface area contributed by atoms with Gasteiger partial charge < -0.3 is 14.7 Å². The number of amides is 1. The Labute approximate surface area is 206 Å². The minimum absolute atomic E-state index is 0.0318. The highest BCUT2D eigenvalue weighted by molar-refractivity contribution is 14.1. The van der Waals surface area contributed by atoms with E-state index in [1.807, 2.05) is 35.4 Å². The van der Waals surface area contributed by atoms with Gasteiger partial charge in [0.25, 0.3) is 5.91 Å². The van der Waals surface area contributed by atoms with Crippen LogP contribution in [0.25, 0.3) is 0 Å². The molecular formula is C25H27IN4O3. The third-order valence-electron chi connectivity index (χ3n) is 6.69. The van der Waals surface area contributed by atoms with Gasteiger partial charge in [0.1, 0.15) is 0 Å². The summed E-state index contributed by atoms with van der Waals surface area (Å²) >= 11 is 2.30. The van der Waals surface area contributed by atoms with Gasteiger partial charge in [0, 0.05) is 40.8 Å². The third-order valence-corrected chi connectivity index (χ3v) is 7.36. The lowest BCUT2D eigenvalue weighted by Gasteiger charge is -2.28. The van der Waals surface area contributed by atoms with E-state index >= 15 is 0 Å². The number of carbonyl (C=O) groups is 1. The molecule has 1 fully saturated rings. The molecule has 172 valence electrons. The summed E-state index contributed by atoms with van der Waals surface area (Å²) in [5.41, 5.74) is 2.86. The van der Waals surface area contributed by atoms with Gasteiger partial charge in [-0.2, -0.15) is 0 Å². The van der Waals surface area contributed by atoms with Crippen molar-refractivity contribution < 1.29 is 14.6 Å². The largest absolute Gasteiger partial charge is 0.396 e. The second kappa shape index (κ2) is 9.15. The molecule has 1 aromatic heterocycles.